The van der Waals surface area contributed by atoms with Crippen LogP contribution in [0, 0.1) is 0 Å². The highest BCUT2D eigenvalue weighted by Crippen LogP contribution is 2.33. The van der Waals surface area contributed by atoms with Crippen LogP contribution in [0.15, 0.2) is 0 Å². The first-order valence-corrected chi connectivity index (χ1v) is 2.55. The van der Waals surface area contributed by atoms with Gasteiger partial charge in [-0.05, 0) is 19.8 Å². The van der Waals surface area contributed by atoms with Gasteiger partial charge in [-0.1, -0.05) is 0 Å². The zero-order valence-corrected chi connectivity index (χ0v) is 4.45. The van der Waals surface area contributed by atoms with Crippen LogP contribution in [0.1, 0.15) is 19.8 Å². The third-order valence-corrected chi connectivity index (χ3v) is 1.38. The molecule has 2 heteroatoms. The van der Waals surface area contributed by atoms with Crippen LogP contribution in [0.5, 0.6) is 0 Å². The summed E-state index contributed by atoms with van der Waals surface area (Å²) in [5, 5.41) is 0. The standard InChI is InChI=1S/C5H10FN/c1-5(6)2-4(7)3-5/h4H,2-3,7H2,1H3/t4-,5-. The lowest BCUT2D eigenvalue weighted by Gasteiger charge is -2.35. The molecule has 0 atom stereocenters. The molecule has 0 amide bonds. The Morgan fingerprint density at radius 1 is 1.71 bits per heavy atom. The highest BCUT2D eigenvalue weighted by atomic mass is 19.1. The number of alkyl halides is 1. The van der Waals surface area contributed by atoms with E-state index in [2.05, 4.69) is 0 Å². The minimum absolute atomic E-state index is 0.134. The molecule has 0 radical (unpaired) electrons. The molecule has 1 nitrogen and oxygen atoms in total. The molecule has 0 bridgehead atoms. The second-order valence-corrected chi connectivity index (χ2v) is 2.58. The smallest absolute Gasteiger partial charge is 0.111 e. The van der Waals surface area contributed by atoms with Gasteiger partial charge in [-0.2, -0.15) is 0 Å². The summed E-state index contributed by atoms with van der Waals surface area (Å²) in [6.45, 7) is 1.59. The average Bonchev–Trinajstić information content (AvgIpc) is 1.27. The van der Waals surface area contributed by atoms with E-state index >= 15 is 0 Å². The summed E-state index contributed by atoms with van der Waals surface area (Å²) in [4.78, 5) is 0. The van der Waals surface area contributed by atoms with Crippen molar-refractivity contribution in [2.45, 2.75) is 31.5 Å². The number of hydrogen-bond donors (Lipinski definition) is 1. The van der Waals surface area contributed by atoms with Crippen molar-refractivity contribution in [2.75, 3.05) is 0 Å². The predicted molar refractivity (Wildman–Crippen MR) is 26.7 cm³/mol. The van der Waals surface area contributed by atoms with Crippen molar-refractivity contribution in [3.05, 3.63) is 0 Å². The van der Waals surface area contributed by atoms with Gasteiger partial charge in [-0.15, -0.1) is 0 Å². The van der Waals surface area contributed by atoms with E-state index in [1.54, 1.807) is 6.92 Å². The first-order chi connectivity index (χ1) is 3.10. The van der Waals surface area contributed by atoms with Crippen molar-refractivity contribution in [2.24, 2.45) is 5.73 Å². The molecule has 0 aromatic rings. The monoisotopic (exact) mass is 103 g/mol. The van der Waals surface area contributed by atoms with Crippen LogP contribution in [-0.2, 0) is 0 Å². The third-order valence-electron chi connectivity index (χ3n) is 1.38. The summed E-state index contributed by atoms with van der Waals surface area (Å²) in [5.74, 6) is 0. The quantitative estimate of drug-likeness (QED) is 0.483. The lowest BCUT2D eigenvalue weighted by molar-refractivity contribution is 0.0645. The molecule has 1 aliphatic rings. The Morgan fingerprint density at radius 2 is 2.14 bits per heavy atom. The third kappa shape index (κ3) is 0.911. The molecule has 1 fully saturated rings. The Balaban J connectivity index is 2.29. The van der Waals surface area contributed by atoms with Gasteiger partial charge in [0, 0.05) is 6.04 Å². The largest absolute Gasteiger partial charge is 0.327 e. The predicted octanol–water partition coefficient (Wildman–Crippen LogP) is 0.836. The number of hydrogen-bond acceptors (Lipinski definition) is 1. The molecule has 1 saturated carbocycles. The van der Waals surface area contributed by atoms with Gasteiger partial charge in [0.2, 0.25) is 0 Å². The van der Waals surface area contributed by atoms with E-state index in [9.17, 15) is 4.39 Å². The van der Waals surface area contributed by atoms with Gasteiger partial charge in [0.05, 0.1) is 0 Å². The maximum absolute atomic E-state index is 12.4. The Morgan fingerprint density at radius 3 is 2.14 bits per heavy atom. The van der Waals surface area contributed by atoms with E-state index in [-0.39, 0.29) is 6.04 Å². The summed E-state index contributed by atoms with van der Waals surface area (Å²) in [5.41, 5.74) is 4.38. The van der Waals surface area contributed by atoms with E-state index in [0.29, 0.717) is 12.8 Å². The zero-order valence-electron chi connectivity index (χ0n) is 4.45. The lowest BCUT2D eigenvalue weighted by Crippen LogP contribution is -2.46. The molecule has 0 aliphatic heterocycles. The molecule has 0 unspecified atom stereocenters. The van der Waals surface area contributed by atoms with Gasteiger partial charge in [-0.3, -0.25) is 0 Å². The summed E-state index contributed by atoms with van der Waals surface area (Å²) in [6.07, 6.45) is 1.10. The minimum Gasteiger partial charge on any atom is -0.327 e. The molecular formula is C5H10FN. The Bertz CT molecular complexity index is 72.1. The highest BCUT2D eigenvalue weighted by Gasteiger charge is 2.37. The van der Waals surface area contributed by atoms with E-state index in [0.717, 1.165) is 0 Å². The molecule has 2 N–H and O–H groups in total. The zero-order chi connectivity index (χ0) is 5.49. The van der Waals surface area contributed by atoms with Gasteiger partial charge in [0.15, 0.2) is 0 Å². The molecule has 7 heavy (non-hydrogen) atoms. The summed E-state index contributed by atoms with van der Waals surface area (Å²) >= 11 is 0. The van der Waals surface area contributed by atoms with Crippen molar-refractivity contribution in [1.82, 2.24) is 0 Å². The molecule has 0 aromatic carbocycles. The minimum atomic E-state index is -0.931. The maximum atomic E-state index is 12.4. The van der Waals surface area contributed by atoms with E-state index in [1.165, 1.54) is 0 Å². The molecule has 1 aliphatic carbocycles. The molecule has 0 aromatic heterocycles. The first kappa shape index (κ1) is 5.04. The van der Waals surface area contributed by atoms with Crippen molar-refractivity contribution < 1.29 is 4.39 Å². The van der Waals surface area contributed by atoms with Gasteiger partial charge in [-0.25, -0.2) is 4.39 Å². The fraction of sp³-hybridized carbons (Fsp3) is 1.00. The molecule has 42 valence electrons. The van der Waals surface area contributed by atoms with Gasteiger partial charge >= 0.3 is 0 Å². The summed E-state index contributed by atoms with van der Waals surface area (Å²) in [6, 6.07) is 0.134. The van der Waals surface area contributed by atoms with E-state index in [1.807, 2.05) is 0 Å². The van der Waals surface area contributed by atoms with Crippen molar-refractivity contribution in [3.63, 3.8) is 0 Å². The van der Waals surface area contributed by atoms with E-state index in [4.69, 9.17) is 5.73 Å². The Hall–Kier alpha value is -0.110. The Kier molecular flexibility index (Phi) is 0.854. The summed E-state index contributed by atoms with van der Waals surface area (Å²) < 4.78 is 12.4. The van der Waals surface area contributed by atoms with Crippen molar-refractivity contribution >= 4 is 0 Å². The van der Waals surface area contributed by atoms with Crippen LogP contribution >= 0.6 is 0 Å². The maximum Gasteiger partial charge on any atom is 0.111 e. The van der Waals surface area contributed by atoms with Crippen LogP contribution < -0.4 is 5.73 Å². The number of nitrogens with two attached hydrogens (primary N) is 1. The number of rotatable bonds is 0. The van der Waals surface area contributed by atoms with Gasteiger partial charge in [0.1, 0.15) is 5.67 Å². The second kappa shape index (κ2) is 1.19. The van der Waals surface area contributed by atoms with Crippen LogP contribution in [0.4, 0.5) is 4.39 Å². The fourth-order valence-corrected chi connectivity index (χ4v) is 1.03. The van der Waals surface area contributed by atoms with Gasteiger partial charge in [0.25, 0.3) is 0 Å². The molecule has 0 heterocycles. The molecule has 1 rings (SSSR count). The van der Waals surface area contributed by atoms with Crippen LogP contribution in [-0.4, -0.2) is 11.7 Å². The number of halogens is 1. The first-order valence-electron chi connectivity index (χ1n) is 2.55. The molecule has 0 spiro atoms. The van der Waals surface area contributed by atoms with Crippen LogP contribution in [0.3, 0.4) is 0 Å². The fourth-order valence-electron chi connectivity index (χ4n) is 1.03. The van der Waals surface area contributed by atoms with Crippen molar-refractivity contribution in [1.29, 1.82) is 0 Å². The van der Waals surface area contributed by atoms with E-state index < -0.39 is 5.67 Å². The average molecular weight is 103 g/mol. The molecular weight excluding hydrogens is 93.1 g/mol. The van der Waals surface area contributed by atoms with Gasteiger partial charge < -0.3 is 5.73 Å². The van der Waals surface area contributed by atoms with Crippen molar-refractivity contribution in [3.8, 4) is 0 Å². The molecule has 0 saturated heterocycles. The summed E-state index contributed by atoms with van der Waals surface area (Å²) in [7, 11) is 0. The SMILES string of the molecule is C[C@]1(F)C[C@H](N)C1. The topological polar surface area (TPSA) is 26.0 Å². The highest BCUT2D eigenvalue weighted by molar-refractivity contribution is 4.93. The normalized spacial score (nSPS) is 51.0. The van der Waals surface area contributed by atoms with Crippen LogP contribution in [0.2, 0.25) is 0 Å². The second-order valence-electron chi connectivity index (χ2n) is 2.58. The van der Waals surface area contributed by atoms with Crippen LogP contribution in [0.25, 0.3) is 0 Å². The Labute approximate surface area is 42.7 Å². The lowest BCUT2D eigenvalue weighted by atomic mass is 9.80.